The van der Waals surface area contributed by atoms with Gasteiger partial charge < -0.3 is 28.8 Å². The summed E-state index contributed by atoms with van der Waals surface area (Å²) in [6.45, 7) is 0. The molecule has 2 fully saturated rings. The maximum absolute atomic E-state index is 10.6. The van der Waals surface area contributed by atoms with E-state index in [0.29, 0.717) is 22.0 Å². The first-order valence-corrected chi connectivity index (χ1v) is 21.1. The van der Waals surface area contributed by atoms with Gasteiger partial charge in [0, 0.05) is 74.3 Å². The molecule has 8 nitrogen and oxygen atoms in total. The molecule has 4 heterocycles. The quantitative estimate of drug-likeness (QED) is 0.113. The van der Waals surface area contributed by atoms with Crippen molar-refractivity contribution in [3.63, 3.8) is 0 Å². The highest BCUT2D eigenvalue weighted by molar-refractivity contribution is 6.66. The molecule has 0 spiro atoms. The minimum Gasteiger partial charge on any atom is -0.490 e. The van der Waals surface area contributed by atoms with Crippen molar-refractivity contribution in [3.8, 4) is 34.1 Å². The average Bonchev–Trinajstić information content (AvgIpc) is 3.89. The molecule has 1 radical (unpaired) electrons. The van der Waals surface area contributed by atoms with Crippen LogP contribution in [0.4, 0.5) is 0 Å². The van der Waals surface area contributed by atoms with Crippen LogP contribution in [0, 0.1) is 5.92 Å². The summed E-state index contributed by atoms with van der Waals surface area (Å²) in [5.74, 6) is 3.66. The molecule has 59 heavy (non-hydrogen) atoms. The van der Waals surface area contributed by atoms with Gasteiger partial charge in [0.1, 0.15) is 34.2 Å². The molecule has 2 N–H and O–H groups in total. The number of fused-ring (bicyclic) bond motifs is 4. The molecule has 0 bridgehead atoms. The number of rotatable bonds is 9. The molecule has 297 valence electrons. The van der Waals surface area contributed by atoms with Gasteiger partial charge in [-0.2, -0.15) is 0 Å². The third-order valence-electron chi connectivity index (χ3n) is 11.7. The molecule has 10 rings (SSSR count). The molecule has 0 saturated heterocycles. The van der Waals surface area contributed by atoms with E-state index in [2.05, 4.69) is 9.97 Å². The summed E-state index contributed by atoms with van der Waals surface area (Å²) in [6.07, 6.45) is 17.4. The van der Waals surface area contributed by atoms with Crippen molar-refractivity contribution < 1.29 is 23.1 Å². The van der Waals surface area contributed by atoms with E-state index in [4.69, 9.17) is 47.2 Å². The Balaban J connectivity index is 0.000000153. The molecule has 2 aliphatic carbocycles. The molecular formula is C48H43BCl2N3O5. The molecule has 0 atom stereocenters. The first kappa shape index (κ1) is 39.1. The average molecular weight is 824 g/mol. The fourth-order valence-electron chi connectivity index (χ4n) is 8.49. The Bertz CT molecular complexity index is 2690. The van der Waals surface area contributed by atoms with E-state index in [1.54, 1.807) is 19.7 Å². The smallest absolute Gasteiger partial charge is 0.197 e. The van der Waals surface area contributed by atoms with Crippen molar-refractivity contribution in [2.45, 2.75) is 75.9 Å². The van der Waals surface area contributed by atoms with Crippen molar-refractivity contribution in [3.05, 3.63) is 120 Å². The van der Waals surface area contributed by atoms with Crippen LogP contribution in [0.3, 0.4) is 0 Å². The normalized spacial score (nSPS) is 19.4. The number of carbonyl (C=O) groups is 1. The lowest BCUT2D eigenvalue weighted by Gasteiger charge is -2.29. The molecule has 0 amide bonds. The second-order valence-electron chi connectivity index (χ2n) is 15.7. The SMILES string of the molecule is NC1CCC(Oc2cc(Cl)c3cncc(-c4cc5ccccc5o4)c3c2)CC1.O=C[B]CC1CCC(Oc2cc(Cl)c3cncc(-c4cc5ccccc5o4)c3c2)CC1. The van der Waals surface area contributed by atoms with Crippen molar-refractivity contribution >= 4 is 80.2 Å². The Kier molecular flexibility index (Phi) is 11.6. The number of ether oxygens (including phenoxy) is 2. The van der Waals surface area contributed by atoms with Gasteiger partial charge in [-0.1, -0.05) is 65.9 Å². The zero-order valence-corrected chi connectivity index (χ0v) is 34.0. The van der Waals surface area contributed by atoms with Crippen molar-refractivity contribution in [1.29, 1.82) is 0 Å². The van der Waals surface area contributed by atoms with Gasteiger partial charge in [-0.15, -0.1) is 0 Å². The zero-order chi connectivity index (χ0) is 40.3. The molecule has 0 unspecified atom stereocenters. The second kappa shape index (κ2) is 17.5. The van der Waals surface area contributed by atoms with Gasteiger partial charge in [0.25, 0.3) is 0 Å². The standard InChI is InChI=1S/C25H22BClNO3.C23H21ClN2O2/c27-23-11-19(30-18-7-5-16(6-8-18)12-26-15-29)10-20-21(23)13-28-14-22(20)25-9-17-3-1-2-4-24(17)31-25;24-21-11-17(27-16-7-5-15(25)6-8-16)10-18-19(21)12-26-13-20(18)23-9-14-3-1-2-4-22(14)28-23/h1-4,9-11,13-16,18H,5-8,12H2;1-4,9-13,15-16H,5-8,25H2. The van der Waals surface area contributed by atoms with E-state index in [9.17, 15) is 4.79 Å². The van der Waals surface area contributed by atoms with Crippen LogP contribution in [0.25, 0.3) is 66.1 Å². The van der Waals surface area contributed by atoms with E-state index in [1.807, 2.05) is 97.3 Å². The number of para-hydroxylation sites is 2. The van der Waals surface area contributed by atoms with Gasteiger partial charge in [0.2, 0.25) is 0 Å². The van der Waals surface area contributed by atoms with Crippen molar-refractivity contribution in [2.24, 2.45) is 11.7 Å². The van der Waals surface area contributed by atoms with Crippen molar-refractivity contribution in [2.75, 3.05) is 0 Å². The highest BCUT2D eigenvalue weighted by atomic mass is 35.5. The molecule has 4 aromatic heterocycles. The van der Waals surface area contributed by atoms with Crippen LogP contribution in [0.1, 0.15) is 51.4 Å². The highest BCUT2D eigenvalue weighted by Gasteiger charge is 2.24. The lowest BCUT2D eigenvalue weighted by atomic mass is 9.67. The molecule has 4 aromatic carbocycles. The third kappa shape index (κ3) is 8.69. The molecule has 2 aliphatic rings. The highest BCUT2D eigenvalue weighted by Crippen LogP contribution is 2.40. The Hall–Kier alpha value is -5.35. The topological polar surface area (TPSA) is 114 Å². The first-order valence-electron chi connectivity index (χ1n) is 20.4. The van der Waals surface area contributed by atoms with E-state index in [0.717, 1.165) is 142 Å². The molecule has 8 aromatic rings. The molecule has 0 aliphatic heterocycles. The summed E-state index contributed by atoms with van der Waals surface area (Å²) >= 11 is 13.2. The van der Waals surface area contributed by atoms with Crippen LogP contribution in [0.15, 0.2) is 119 Å². The summed E-state index contributed by atoms with van der Waals surface area (Å²) in [4.78, 5) is 19.3. The van der Waals surface area contributed by atoms with Gasteiger partial charge in [-0.3, -0.25) is 9.97 Å². The predicted molar refractivity (Wildman–Crippen MR) is 238 cm³/mol. The Morgan fingerprint density at radius 1 is 0.627 bits per heavy atom. The fraction of sp³-hybridized carbons (Fsp3) is 0.271. The van der Waals surface area contributed by atoms with E-state index >= 15 is 0 Å². The van der Waals surface area contributed by atoms with Crippen LogP contribution in [0.5, 0.6) is 11.5 Å². The number of nitrogens with two attached hydrogens (primary N) is 1. The maximum Gasteiger partial charge on any atom is 0.197 e. The largest absolute Gasteiger partial charge is 0.490 e. The van der Waals surface area contributed by atoms with Gasteiger partial charge >= 0.3 is 0 Å². The number of nitrogens with zero attached hydrogens (tertiary/aromatic N) is 2. The Labute approximate surface area is 353 Å². The van der Waals surface area contributed by atoms with E-state index < -0.39 is 0 Å². The Morgan fingerprint density at radius 3 is 1.58 bits per heavy atom. The number of hydrogen-bond donors (Lipinski definition) is 1. The predicted octanol–water partition coefficient (Wildman–Crippen LogP) is 12.5. The summed E-state index contributed by atoms with van der Waals surface area (Å²) in [5, 5.41) is 7.06. The summed E-state index contributed by atoms with van der Waals surface area (Å²) in [5.41, 5.74) is 9.51. The van der Waals surface area contributed by atoms with Gasteiger partial charge in [-0.25, -0.2) is 0 Å². The number of halogens is 2. The van der Waals surface area contributed by atoms with Gasteiger partial charge in [0.05, 0.1) is 28.4 Å². The molecular weight excluding hydrogens is 780 g/mol. The summed E-state index contributed by atoms with van der Waals surface area (Å²) in [7, 11) is 1.72. The van der Waals surface area contributed by atoms with Gasteiger partial charge in [0.15, 0.2) is 7.28 Å². The van der Waals surface area contributed by atoms with E-state index in [1.165, 1.54) is 0 Å². The van der Waals surface area contributed by atoms with Crippen molar-refractivity contribution in [1.82, 2.24) is 9.97 Å². The monoisotopic (exact) mass is 822 g/mol. The van der Waals surface area contributed by atoms with Gasteiger partial charge in [-0.05, 0) is 106 Å². The van der Waals surface area contributed by atoms with Crippen LogP contribution in [-0.4, -0.2) is 41.7 Å². The molecule has 2 saturated carbocycles. The first-order chi connectivity index (χ1) is 28.9. The number of aromatic nitrogens is 2. The lowest BCUT2D eigenvalue weighted by Crippen LogP contribution is -2.31. The van der Waals surface area contributed by atoms with Crippen LogP contribution >= 0.6 is 23.2 Å². The summed E-state index contributed by atoms with van der Waals surface area (Å²) in [6, 6.07) is 28.1. The minimum absolute atomic E-state index is 0.164. The van der Waals surface area contributed by atoms with Crippen LogP contribution in [0.2, 0.25) is 16.4 Å². The number of benzene rings is 4. The van der Waals surface area contributed by atoms with E-state index in [-0.39, 0.29) is 12.2 Å². The minimum atomic E-state index is 0.164. The Morgan fingerprint density at radius 2 is 1.10 bits per heavy atom. The second-order valence-corrected chi connectivity index (χ2v) is 16.5. The van der Waals surface area contributed by atoms with Crippen LogP contribution in [-0.2, 0) is 4.79 Å². The number of furan rings is 2. The number of hydrogen-bond acceptors (Lipinski definition) is 8. The zero-order valence-electron chi connectivity index (χ0n) is 32.5. The maximum atomic E-state index is 10.6. The fourth-order valence-corrected chi connectivity index (χ4v) is 9.00. The molecule has 11 heteroatoms. The van der Waals surface area contributed by atoms with Crippen LogP contribution < -0.4 is 15.2 Å². The number of pyridine rings is 2. The number of carbonyl (C=O) groups excluding carboxylic acids is 1. The lowest BCUT2D eigenvalue weighted by molar-refractivity contribution is 0.136. The third-order valence-corrected chi connectivity index (χ3v) is 12.3. The summed E-state index contributed by atoms with van der Waals surface area (Å²) < 4.78 is 24.7.